The molecule has 0 unspecified atom stereocenters. The molecule has 0 heterocycles. The van der Waals surface area contributed by atoms with Crippen LogP contribution in [0.25, 0.3) is 0 Å². The topological polar surface area (TPSA) is 3.24 Å². The van der Waals surface area contributed by atoms with Gasteiger partial charge in [-0.1, -0.05) is 5.70 Å². The SMILES string of the molecule is C=C1C=C[CH-]C=C1N(C)C. The Bertz CT molecular complexity index is 197. The van der Waals surface area contributed by atoms with E-state index in [2.05, 4.69) is 17.6 Å². The van der Waals surface area contributed by atoms with Gasteiger partial charge in [0.15, 0.2) is 0 Å². The smallest absolute Gasteiger partial charge is 0.00594 e. The zero-order valence-corrected chi connectivity index (χ0v) is 6.46. The standard InChI is InChI=1S/C9H12N/c1-8-6-4-5-7-9(8)10(2)3/h4-7H,1H2,2-3H3/q-1. The lowest BCUT2D eigenvalue weighted by molar-refractivity contribution is 0.523. The number of nitrogens with zero attached hydrogens (tertiary/aromatic N) is 1. The molecule has 54 valence electrons. The van der Waals surface area contributed by atoms with Crippen LogP contribution in [0.1, 0.15) is 0 Å². The number of hydrogen-bond acceptors (Lipinski definition) is 1. The van der Waals surface area contributed by atoms with Crippen LogP contribution < -0.4 is 0 Å². The molecule has 1 aliphatic carbocycles. The largest absolute Gasteiger partial charge is 0.428 e. The van der Waals surface area contributed by atoms with E-state index >= 15 is 0 Å². The quantitative estimate of drug-likeness (QED) is 0.494. The van der Waals surface area contributed by atoms with E-state index in [1.54, 1.807) is 0 Å². The summed E-state index contributed by atoms with van der Waals surface area (Å²) in [6.07, 6.45) is 8.08. The van der Waals surface area contributed by atoms with Crippen molar-refractivity contribution in [3.05, 3.63) is 42.5 Å². The van der Waals surface area contributed by atoms with Gasteiger partial charge in [0.05, 0.1) is 0 Å². The lowest BCUT2D eigenvalue weighted by Gasteiger charge is -2.27. The van der Waals surface area contributed by atoms with Gasteiger partial charge in [0, 0.05) is 0 Å². The van der Waals surface area contributed by atoms with Gasteiger partial charge in [-0.25, -0.2) is 0 Å². The highest BCUT2D eigenvalue weighted by molar-refractivity contribution is 5.43. The third-order valence-electron chi connectivity index (χ3n) is 1.47. The van der Waals surface area contributed by atoms with Crippen molar-refractivity contribution in [1.29, 1.82) is 0 Å². The summed E-state index contributed by atoms with van der Waals surface area (Å²) in [4.78, 5) is 2.06. The third-order valence-corrected chi connectivity index (χ3v) is 1.47. The van der Waals surface area contributed by atoms with Crippen LogP contribution in [0.15, 0.2) is 36.1 Å². The molecule has 0 aromatic rings. The summed E-state index contributed by atoms with van der Waals surface area (Å²) >= 11 is 0. The monoisotopic (exact) mass is 134 g/mol. The van der Waals surface area contributed by atoms with Gasteiger partial charge in [-0.05, 0) is 14.1 Å². The molecule has 1 nitrogen and oxygen atoms in total. The van der Waals surface area contributed by atoms with Gasteiger partial charge >= 0.3 is 0 Å². The Morgan fingerprint density at radius 1 is 1.50 bits per heavy atom. The molecule has 0 saturated carbocycles. The molecule has 1 heteroatoms. The summed E-state index contributed by atoms with van der Waals surface area (Å²) in [6, 6.07) is 0. The van der Waals surface area contributed by atoms with E-state index in [9.17, 15) is 0 Å². The Morgan fingerprint density at radius 3 is 2.60 bits per heavy atom. The number of likely N-dealkylation sites (N-methyl/N-ethyl adjacent to an activating group) is 1. The molecule has 0 radical (unpaired) electrons. The molecule has 0 fully saturated rings. The van der Waals surface area contributed by atoms with E-state index in [1.807, 2.05) is 32.7 Å². The average molecular weight is 134 g/mol. The van der Waals surface area contributed by atoms with Gasteiger partial charge in [0.25, 0.3) is 0 Å². The first-order chi connectivity index (χ1) is 4.72. The fourth-order valence-corrected chi connectivity index (χ4v) is 0.947. The molecular weight excluding hydrogens is 122 g/mol. The Balaban J connectivity index is 2.76. The van der Waals surface area contributed by atoms with Crippen LogP contribution >= 0.6 is 0 Å². The predicted octanol–water partition coefficient (Wildman–Crippen LogP) is 1.76. The second-order valence-electron chi connectivity index (χ2n) is 2.52. The van der Waals surface area contributed by atoms with E-state index in [0.717, 1.165) is 5.57 Å². The lowest BCUT2D eigenvalue weighted by atomic mass is 10.1. The van der Waals surface area contributed by atoms with Crippen molar-refractivity contribution in [3.63, 3.8) is 0 Å². The Morgan fingerprint density at radius 2 is 2.20 bits per heavy atom. The maximum Gasteiger partial charge on any atom is -0.00594 e. The van der Waals surface area contributed by atoms with Crippen LogP contribution in [0.5, 0.6) is 0 Å². The van der Waals surface area contributed by atoms with Crippen LogP contribution in [-0.2, 0) is 0 Å². The van der Waals surface area contributed by atoms with Crippen LogP contribution in [-0.4, -0.2) is 19.0 Å². The lowest BCUT2D eigenvalue weighted by Crippen LogP contribution is -2.13. The molecule has 0 saturated heterocycles. The van der Waals surface area contributed by atoms with Crippen LogP contribution in [0.3, 0.4) is 0 Å². The van der Waals surface area contributed by atoms with E-state index in [4.69, 9.17) is 0 Å². The van der Waals surface area contributed by atoms with Crippen molar-refractivity contribution >= 4 is 0 Å². The molecule has 0 aromatic carbocycles. The number of allylic oxidation sites excluding steroid dienone is 3. The van der Waals surface area contributed by atoms with Gasteiger partial charge in [0.2, 0.25) is 0 Å². The highest BCUT2D eigenvalue weighted by Crippen LogP contribution is 2.16. The minimum atomic E-state index is 1.08. The first-order valence-electron chi connectivity index (χ1n) is 3.30. The van der Waals surface area contributed by atoms with Crippen LogP contribution in [0.4, 0.5) is 0 Å². The van der Waals surface area contributed by atoms with Crippen LogP contribution in [0, 0.1) is 6.42 Å². The molecule has 0 spiro atoms. The van der Waals surface area contributed by atoms with Crippen molar-refractivity contribution in [1.82, 2.24) is 4.90 Å². The summed E-state index contributed by atoms with van der Waals surface area (Å²) < 4.78 is 0. The summed E-state index contributed by atoms with van der Waals surface area (Å²) in [5.41, 5.74) is 2.26. The second-order valence-corrected chi connectivity index (χ2v) is 2.52. The second kappa shape index (κ2) is 2.65. The Labute approximate surface area is 62.3 Å². The van der Waals surface area contributed by atoms with Gasteiger partial charge < -0.3 is 4.90 Å². The third kappa shape index (κ3) is 1.24. The Kier molecular flexibility index (Phi) is 1.86. The van der Waals surface area contributed by atoms with Gasteiger partial charge in [-0.15, -0.1) is 18.2 Å². The molecule has 0 aliphatic heterocycles. The minimum absolute atomic E-state index is 1.08. The molecule has 1 rings (SSSR count). The van der Waals surface area contributed by atoms with Crippen molar-refractivity contribution < 1.29 is 0 Å². The van der Waals surface area contributed by atoms with Crippen molar-refractivity contribution in [2.45, 2.75) is 0 Å². The summed E-state index contributed by atoms with van der Waals surface area (Å²) in [5.74, 6) is 0. The van der Waals surface area contributed by atoms with E-state index in [1.165, 1.54) is 5.70 Å². The predicted molar refractivity (Wildman–Crippen MR) is 44.4 cm³/mol. The van der Waals surface area contributed by atoms with E-state index in [0.29, 0.717) is 0 Å². The Hall–Kier alpha value is -1.11. The highest BCUT2D eigenvalue weighted by Gasteiger charge is 1.94. The summed E-state index contributed by atoms with van der Waals surface area (Å²) in [7, 11) is 4.04. The van der Waals surface area contributed by atoms with Crippen molar-refractivity contribution in [3.8, 4) is 0 Å². The minimum Gasteiger partial charge on any atom is -0.428 e. The van der Waals surface area contributed by atoms with Gasteiger partial charge in [0.1, 0.15) is 0 Å². The normalized spacial score (nSPS) is 16.2. The van der Waals surface area contributed by atoms with E-state index < -0.39 is 0 Å². The highest BCUT2D eigenvalue weighted by atomic mass is 15.1. The van der Waals surface area contributed by atoms with E-state index in [-0.39, 0.29) is 0 Å². The summed E-state index contributed by atoms with van der Waals surface area (Å²) in [5, 5.41) is 0. The molecule has 1 aliphatic rings. The molecule has 0 N–H and O–H groups in total. The summed E-state index contributed by atoms with van der Waals surface area (Å²) in [6.45, 7) is 3.90. The number of rotatable bonds is 1. The van der Waals surface area contributed by atoms with Crippen molar-refractivity contribution in [2.75, 3.05) is 14.1 Å². The molecule has 0 amide bonds. The zero-order chi connectivity index (χ0) is 7.56. The maximum absolute atomic E-state index is 3.90. The molecule has 0 atom stereocenters. The fourth-order valence-electron chi connectivity index (χ4n) is 0.947. The molecule has 10 heavy (non-hydrogen) atoms. The zero-order valence-electron chi connectivity index (χ0n) is 6.46. The molecule has 0 aromatic heterocycles. The maximum atomic E-state index is 3.90. The molecular formula is C9H12N-. The first-order valence-corrected chi connectivity index (χ1v) is 3.30. The fraction of sp³-hybridized carbons (Fsp3) is 0.222. The van der Waals surface area contributed by atoms with Gasteiger partial charge in [-0.3, -0.25) is 0 Å². The average Bonchev–Trinajstić information content (AvgIpc) is 1.88. The van der Waals surface area contributed by atoms with Crippen molar-refractivity contribution in [2.24, 2.45) is 0 Å². The number of hydrogen-bond donors (Lipinski definition) is 0. The first kappa shape index (κ1) is 7.00. The van der Waals surface area contributed by atoms with Gasteiger partial charge in [-0.2, -0.15) is 18.6 Å². The van der Waals surface area contributed by atoms with Crippen LogP contribution in [0.2, 0.25) is 0 Å². The molecule has 0 bridgehead atoms.